The van der Waals surface area contributed by atoms with E-state index in [2.05, 4.69) is 34.2 Å². The van der Waals surface area contributed by atoms with Crippen molar-refractivity contribution in [1.29, 1.82) is 0 Å². The van der Waals surface area contributed by atoms with Gasteiger partial charge in [-0.3, -0.25) is 14.7 Å². The number of amides is 1. The molecule has 2 saturated heterocycles. The number of aromatic nitrogens is 1. The zero-order chi connectivity index (χ0) is 17.8. The van der Waals surface area contributed by atoms with Crippen LogP contribution in [0.1, 0.15) is 28.9 Å². The van der Waals surface area contributed by atoms with Crippen LogP contribution in [-0.2, 0) is 4.74 Å². The Morgan fingerprint density at radius 3 is 2.80 bits per heavy atom. The van der Waals surface area contributed by atoms with E-state index in [1.54, 1.807) is 6.20 Å². The molecule has 138 valence electrons. The maximum Gasteiger partial charge on any atom is 0.270 e. The van der Waals surface area contributed by atoms with Crippen LogP contribution in [0.5, 0.6) is 0 Å². The van der Waals surface area contributed by atoms with E-state index in [0.717, 1.165) is 51.3 Å². The summed E-state index contributed by atoms with van der Waals surface area (Å²) < 4.78 is 5.50. The van der Waals surface area contributed by atoms with Gasteiger partial charge in [-0.2, -0.15) is 0 Å². The van der Waals surface area contributed by atoms with Crippen molar-refractivity contribution in [2.24, 2.45) is 5.92 Å². The van der Waals surface area contributed by atoms with Crippen molar-refractivity contribution >= 4 is 5.91 Å². The molecule has 3 heterocycles. The largest absolute Gasteiger partial charge is 0.381 e. The fourth-order valence-corrected chi connectivity index (χ4v) is 4.03. The number of ether oxygens (including phenoxy) is 1. The Labute approximate surface area is 150 Å². The van der Waals surface area contributed by atoms with Crippen LogP contribution in [0.2, 0.25) is 0 Å². The summed E-state index contributed by atoms with van der Waals surface area (Å²) in [6.07, 6.45) is 3.87. The molecule has 0 spiro atoms. The van der Waals surface area contributed by atoms with Gasteiger partial charge in [-0.15, -0.1) is 0 Å². The normalized spacial score (nSPS) is 25.4. The zero-order valence-corrected chi connectivity index (χ0v) is 15.6. The second kappa shape index (κ2) is 8.25. The standard InChI is InChI=1S/C19H30N4O2/c1-14-5-4-8-20-18(14)19(24)21-17-13-23(12-15(17)11-22(2)3)16-6-9-25-10-7-16/h4-5,8,15-17H,6-7,9-13H2,1-3H3,(H,21,24)/t15-,17-/m1/s1. The van der Waals surface area contributed by atoms with E-state index in [1.807, 2.05) is 19.1 Å². The summed E-state index contributed by atoms with van der Waals surface area (Å²) >= 11 is 0. The quantitative estimate of drug-likeness (QED) is 0.867. The lowest BCUT2D eigenvalue weighted by Crippen LogP contribution is -2.44. The van der Waals surface area contributed by atoms with Crippen LogP contribution in [0.3, 0.4) is 0 Å². The van der Waals surface area contributed by atoms with E-state index >= 15 is 0 Å². The Balaban J connectivity index is 1.68. The number of carbonyl (C=O) groups excluding carboxylic acids is 1. The summed E-state index contributed by atoms with van der Waals surface area (Å²) in [5, 5.41) is 3.26. The third-order valence-corrected chi connectivity index (χ3v) is 5.32. The van der Waals surface area contributed by atoms with Gasteiger partial charge in [0.25, 0.3) is 5.91 Å². The molecular formula is C19H30N4O2. The van der Waals surface area contributed by atoms with Gasteiger partial charge in [0.2, 0.25) is 0 Å². The van der Waals surface area contributed by atoms with Crippen molar-refractivity contribution in [2.75, 3.05) is 46.9 Å². The molecule has 2 aliphatic rings. The molecule has 2 atom stereocenters. The summed E-state index contributed by atoms with van der Waals surface area (Å²) in [6, 6.07) is 4.54. The molecule has 0 aromatic carbocycles. The number of nitrogens with zero attached hydrogens (tertiary/aromatic N) is 3. The average Bonchev–Trinajstić information content (AvgIpc) is 2.98. The Kier molecular flexibility index (Phi) is 6.04. The molecule has 6 nitrogen and oxygen atoms in total. The first-order valence-electron chi connectivity index (χ1n) is 9.23. The minimum absolute atomic E-state index is 0.0549. The van der Waals surface area contributed by atoms with Gasteiger partial charge in [0.1, 0.15) is 5.69 Å². The Hall–Kier alpha value is -1.50. The van der Waals surface area contributed by atoms with E-state index in [-0.39, 0.29) is 11.9 Å². The number of carbonyl (C=O) groups is 1. The highest BCUT2D eigenvalue weighted by Crippen LogP contribution is 2.25. The summed E-state index contributed by atoms with van der Waals surface area (Å²) in [5.74, 6) is 0.381. The molecule has 3 rings (SSSR count). The van der Waals surface area contributed by atoms with Crippen LogP contribution in [0, 0.1) is 12.8 Å². The monoisotopic (exact) mass is 346 g/mol. The Morgan fingerprint density at radius 2 is 2.12 bits per heavy atom. The number of nitrogens with one attached hydrogen (secondary N) is 1. The fourth-order valence-electron chi connectivity index (χ4n) is 4.03. The third-order valence-electron chi connectivity index (χ3n) is 5.32. The molecule has 1 aromatic heterocycles. The van der Waals surface area contributed by atoms with Crippen LogP contribution < -0.4 is 5.32 Å². The molecule has 1 aromatic rings. The first kappa shape index (κ1) is 18.3. The molecule has 25 heavy (non-hydrogen) atoms. The van der Waals surface area contributed by atoms with E-state index < -0.39 is 0 Å². The minimum Gasteiger partial charge on any atom is -0.381 e. The van der Waals surface area contributed by atoms with Crippen molar-refractivity contribution in [3.05, 3.63) is 29.6 Å². The van der Waals surface area contributed by atoms with E-state index in [9.17, 15) is 4.79 Å². The average molecular weight is 346 g/mol. The van der Waals surface area contributed by atoms with Crippen molar-refractivity contribution in [2.45, 2.75) is 31.8 Å². The van der Waals surface area contributed by atoms with Crippen molar-refractivity contribution in [3.8, 4) is 0 Å². The molecule has 6 heteroatoms. The van der Waals surface area contributed by atoms with Gasteiger partial charge in [-0.05, 0) is 45.5 Å². The van der Waals surface area contributed by atoms with Crippen molar-refractivity contribution in [1.82, 2.24) is 20.1 Å². The van der Waals surface area contributed by atoms with Crippen LogP contribution in [0.15, 0.2) is 18.3 Å². The maximum atomic E-state index is 12.7. The lowest BCUT2D eigenvalue weighted by Gasteiger charge is -2.31. The molecule has 2 fully saturated rings. The predicted molar refractivity (Wildman–Crippen MR) is 97.7 cm³/mol. The number of pyridine rings is 1. The SMILES string of the molecule is Cc1cccnc1C(=O)N[C@@H]1CN(C2CCOCC2)C[C@H]1CN(C)C. The molecule has 0 radical (unpaired) electrons. The second-order valence-electron chi connectivity index (χ2n) is 7.57. The minimum atomic E-state index is -0.0549. The summed E-state index contributed by atoms with van der Waals surface area (Å²) in [5.41, 5.74) is 1.46. The highest BCUT2D eigenvalue weighted by molar-refractivity contribution is 5.93. The van der Waals surface area contributed by atoms with Gasteiger partial charge in [0.15, 0.2) is 0 Å². The molecular weight excluding hydrogens is 316 g/mol. The number of rotatable bonds is 5. The van der Waals surface area contributed by atoms with Gasteiger partial charge in [0.05, 0.1) is 0 Å². The summed E-state index contributed by atoms with van der Waals surface area (Å²) in [7, 11) is 4.19. The number of hydrogen-bond acceptors (Lipinski definition) is 5. The summed E-state index contributed by atoms with van der Waals surface area (Å²) in [4.78, 5) is 21.7. The first-order valence-corrected chi connectivity index (χ1v) is 9.23. The van der Waals surface area contributed by atoms with Gasteiger partial charge in [0, 0.05) is 57.0 Å². The molecule has 0 aliphatic carbocycles. The molecule has 2 aliphatic heterocycles. The van der Waals surface area contributed by atoms with Crippen LogP contribution in [-0.4, -0.2) is 79.7 Å². The van der Waals surface area contributed by atoms with Gasteiger partial charge in [-0.1, -0.05) is 6.07 Å². The smallest absolute Gasteiger partial charge is 0.270 e. The molecule has 0 saturated carbocycles. The van der Waals surface area contributed by atoms with E-state index in [4.69, 9.17) is 4.74 Å². The highest BCUT2D eigenvalue weighted by atomic mass is 16.5. The van der Waals surface area contributed by atoms with Gasteiger partial charge < -0.3 is 15.0 Å². The van der Waals surface area contributed by atoms with Crippen LogP contribution in [0.4, 0.5) is 0 Å². The van der Waals surface area contributed by atoms with Crippen molar-refractivity contribution in [3.63, 3.8) is 0 Å². The Bertz CT molecular complexity index is 587. The van der Waals surface area contributed by atoms with E-state index in [0.29, 0.717) is 17.7 Å². The maximum absolute atomic E-state index is 12.7. The van der Waals surface area contributed by atoms with Gasteiger partial charge >= 0.3 is 0 Å². The van der Waals surface area contributed by atoms with E-state index in [1.165, 1.54) is 0 Å². The fraction of sp³-hybridized carbons (Fsp3) is 0.684. The first-order chi connectivity index (χ1) is 12.0. The van der Waals surface area contributed by atoms with Gasteiger partial charge in [-0.25, -0.2) is 0 Å². The van der Waals surface area contributed by atoms with Crippen LogP contribution in [0.25, 0.3) is 0 Å². The second-order valence-corrected chi connectivity index (χ2v) is 7.57. The zero-order valence-electron chi connectivity index (χ0n) is 15.6. The Morgan fingerprint density at radius 1 is 1.36 bits per heavy atom. The summed E-state index contributed by atoms with van der Waals surface area (Å²) in [6.45, 7) is 6.57. The number of hydrogen-bond donors (Lipinski definition) is 1. The molecule has 1 amide bonds. The topological polar surface area (TPSA) is 57.7 Å². The van der Waals surface area contributed by atoms with Crippen molar-refractivity contribution < 1.29 is 9.53 Å². The third kappa shape index (κ3) is 4.57. The molecule has 0 unspecified atom stereocenters. The van der Waals surface area contributed by atoms with Crippen LogP contribution >= 0.6 is 0 Å². The lowest BCUT2D eigenvalue weighted by atomic mass is 10.0. The number of likely N-dealkylation sites (tertiary alicyclic amines) is 1. The highest BCUT2D eigenvalue weighted by Gasteiger charge is 2.37. The lowest BCUT2D eigenvalue weighted by molar-refractivity contribution is 0.0403. The molecule has 1 N–H and O–H groups in total. The predicted octanol–water partition coefficient (Wildman–Crippen LogP) is 1.16. The number of aryl methyl sites for hydroxylation is 1. The molecule has 0 bridgehead atoms.